The summed E-state index contributed by atoms with van der Waals surface area (Å²) < 4.78 is 6.09. The molecule has 2 rings (SSSR count). The number of aliphatic hydroxyl groups excluding tert-OH is 1. The van der Waals surface area contributed by atoms with Gasteiger partial charge in [0.25, 0.3) is 0 Å². The Morgan fingerprint density at radius 1 is 1.19 bits per heavy atom. The molecule has 2 heterocycles. The van der Waals surface area contributed by atoms with Crippen molar-refractivity contribution in [3.05, 3.63) is 0 Å². The summed E-state index contributed by atoms with van der Waals surface area (Å²) >= 11 is 0. The number of ether oxygens (including phenoxy) is 1. The molecule has 2 saturated heterocycles. The lowest BCUT2D eigenvalue weighted by Crippen LogP contribution is -2.43. The van der Waals surface area contributed by atoms with Crippen LogP contribution >= 0.6 is 0 Å². The lowest BCUT2D eigenvalue weighted by Gasteiger charge is -2.39. The van der Waals surface area contributed by atoms with Gasteiger partial charge < -0.3 is 25.4 Å². The fourth-order valence-electron chi connectivity index (χ4n) is 4.19. The van der Waals surface area contributed by atoms with E-state index in [4.69, 9.17) is 9.73 Å². The minimum Gasteiger partial charge on any atom is -0.393 e. The zero-order chi connectivity index (χ0) is 19.7. The first-order valence-electron chi connectivity index (χ1n) is 10.9. The number of hydrogen-bond donors (Lipinski definition) is 3. The van der Waals surface area contributed by atoms with Crippen LogP contribution < -0.4 is 10.6 Å². The summed E-state index contributed by atoms with van der Waals surface area (Å²) in [5.74, 6) is 1.42. The number of nitrogens with one attached hydrogen (secondary N) is 2. The third-order valence-electron chi connectivity index (χ3n) is 5.63. The predicted octanol–water partition coefficient (Wildman–Crippen LogP) is 2.23. The third kappa shape index (κ3) is 7.96. The lowest BCUT2D eigenvalue weighted by molar-refractivity contribution is -0.0823. The molecular formula is C21H42N4O2. The predicted molar refractivity (Wildman–Crippen MR) is 112 cm³/mol. The van der Waals surface area contributed by atoms with E-state index in [1.54, 1.807) is 0 Å². The molecule has 2 atom stereocenters. The van der Waals surface area contributed by atoms with Crippen molar-refractivity contribution in [2.45, 2.75) is 72.0 Å². The second-order valence-electron chi connectivity index (χ2n) is 9.13. The zero-order valence-electron chi connectivity index (χ0n) is 18.0. The van der Waals surface area contributed by atoms with Gasteiger partial charge in [0.05, 0.1) is 12.2 Å². The van der Waals surface area contributed by atoms with Gasteiger partial charge >= 0.3 is 0 Å². The highest BCUT2D eigenvalue weighted by molar-refractivity contribution is 5.79. The summed E-state index contributed by atoms with van der Waals surface area (Å²) in [5, 5.41) is 16.4. The average Bonchev–Trinajstić information content (AvgIpc) is 2.64. The van der Waals surface area contributed by atoms with E-state index in [0.717, 1.165) is 77.5 Å². The van der Waals surface area contributed by atoms with Crippen molar-refractivity contribution in [1.29, 1.82) is 0 Å². The molecule has 6 nitrogen and oxygen atoms in total. The first kappa shape index (κ1) is 22.4. The topological polar surface area (TPSA) is 69.1 Å². The molecule has 0 aliphatic carbocycles. The van der Waals surface area contributed by atoms with Crippen LogP contribution in [0.25, 0.3) is 0 Å². The Bertz CT molecular complexity index is 442. The Kier molecular flexibility index (Phi) is 9.33. The standard InChI is InChI=1S/C21H42N4O2/c1-5-22-20(23-11-7-12-25-13-9-18(26)10-14-25)24-16-17-8-6-15-27-19(17)21(2,3)4/h17-19,26H,5-16H2,1-4H3,(H2,22,23,24). The average molecular weight is 383 g/mol. The molecule has 2 unspecified atom stereocenters. The monoisotopic (exact) mass is 382 g/mol. The van der Waals surface area contributed by atoms with Crippen molar-refractivity contribution in [1.82, 2.24) is 15.5 Å². The van der Waals surface area contributed by atoms with Crippen molar-refractivity contribution in [3.8, 4) is 0 Å². The maximum absolute atomic E-state index is 9.59. The summed E-state index contributed by atoms with van der Waals surface area (Å²) in [6, 6.07) is 0. The molecule has 27 heavy (non-hydrogen) atoms. The van der Waals surface area contributed by atoms with Gasteiger partial charge in [0.1, 0.15) is 0 Å². The van der Waals surface area contributed by atoms with Gasteiger partial charge in [0.2, 0.25) is 0 Å². The molecule has 6 heteroatoms. The molecule has 0 bridgehead atoms. The van der Waals surface area contributed by atoms with Crippen molar-refractivity contribution in [3.63, 3.8) is 0 Å². The summed E-state index contributed by atoms with van der Waals surface area (Å²) in [6.45, 7) is 15.5. The fraction of sp³-hybridized carbons (Fsp3) is 0.952. The molecule has 0 amide bonds. The summed E-state index contributed by atoms with van der Waals surface area (Å²) in [5.41, 5.74) is 0.161. The van der Waals surface area contributed by atoms with E-state index >= 15 is 0 Å². The molecule has 158 valence electrons. The molecule has 0 radical (unpaired) electrons. The Labute approximate surface area is 166 Å². The van der Waals surface area contributed by atoms with Gasteiger partial charge in [0, 0.05) is 45.2 Å². The molecule has 0 aromatic carbocycles. The Morgan fingerprint density at radius 3 is 2.59 bits per heavy atom. The minimum absolute atomic E-state index is 0.0902. The number of rotatable bonds is 7. The number of hydrogen-bond acceptors (Lipinski definition) is 4. The summed E-state index contributed by atoms with van der Waals surface area (Å²) in [7, 11) is 0. The number of piperidine rings is 1. The fourth-order valence-corrected chi connectivity index (χ4v) is 4.19. The highest BCUT2D eigenvalue weighted by Gasteiger charge is 2.35. The van der Waals surface area contributed by atoms with Crippen LogP contribution in [0, 0.1) is 11.3 Å². The first-order valence-corrected chi connectivity index (χ1v) is 10.9. The van der Waals surface area contributed by atoms with Crippen LogP contribution in [0.5, 0.6) is 0 Å². The van der Waals surface area contributed by atoms with Gasteiger partial charge in [0.15, 0.2) is 5.96 Å². The molecule has 0 aromatic heterocycles. The number of nitrogens with zero attached hydrogens (tertiary/aromatic N) is 2. The summed E-state index contributed by atoms with van der Waals surface area (Å²) in [6.07, 6.45) is 5.45. The quantitative estimate of drug-likeness (QED) is 0.358. The molecule has 2 aliphatic heterocycles. The van der Waals surface area contributed by atoms with E-state index in [2.05, 4.69) is 43.2 Å². The Hall–Kier alpha value is -0.850. The Balaban J connectivity index is 1.75. The highest BCUT2D eigenvalue weighted by atomic mass is 16.5. The van der Waals surface area contributed by atoms with Gasteiger partial charge in [-0.3, -0.25) is 4.99 Å². The van der Waals surface area contributed by atoms with Crippen LogP contribution in [-0.4, -0.2) is 74.0 Å². The van der Waals surface area contributed by atoms with Crippen LogP contribution in [0.1, 0.15) is 59.8 Å². The van der Waals surface area contributed by atoms with E-state index in [-0.39, 0.29) is 17.6 Å². The minimum atomic E-state index is -0.0902. The van der Waals surface area contributed by atoms with Crippen LogP contribution in [-0.2, 0) is 4.74 Å². The normalized spacial score (nSPS) is 26.2. The van der Waals surface area contributed by atoms with Crippen LogP contribution in [0.2, 0.25) is 0 Å². The van der Waals surface area contributed by atoms with Gasteiger partial charge in [-0.2, -0.15) is 0 Å². The number of likely N-dealkylation sites (tertiary alicyclic amines) is 1. The van der Waals surface area contributed by atoms with E-state index in [1.807, 2.05) is 0 Å². The molecule has 2 fully saturated rings. The SMILES string of the molecule is CCNC(=NCC1CCCOC1C(C)(C)C)NCCCN1CCC(O)CC1. The van der Waals surface area contributed by atoms with E-state index in [9.17, 15) is 5.11 Å². The van der Waals surface area contributed by atoms with Gasteiger partial charge in [-0.15, -0.1) is 0 Å². The van der Waals surface area contributed by atoms with Crippen molar-refractivity contribution in [2.24, 2.45) is 16.3 Å². The molecule has 0 saturated carbocycles. The largest absolute Gasteiger partial charge is 0.393 e. The first-order chi connectivity index (χ1) is 12.9. The molecule has 3 N–H and O–H groups in total. The molecular weight excluding hydrogens is 340 g/mol. The van der Waals surface area contributed by atoms with Crippen molar-refractivity contribution < 1.29 is 9.84 Å². The van der Waals surface area contributed by atoms with Crippen LogP contribution in [0.15, 0.2) is 4.99 Å². The molecule has 0 aromatic rings. The van der Waals surface area contributed by atoms with E-state index < -0.39 is 0 Å². The van der Waals surface area contributed by atoms with Gasteiger partial charge in [-0.05, 0) is 51.0 Å². The van der Waals surface area contributed by atoms with E-state index in [1.165, 1.54) is 6.42 Å². The third-order valence-corrected chi connectivity index (χ3v) is 5.63. The van der Waals surface area contributed by atoms with Crippen molar-refractivity contribution in [2.75, 3.05) is 45.9 Å². The second kappa shape index (κ2) is 11.2. The molecule has 2 aliphatic rings. The Morgan fingerprint density at radius 2 is 1.93 bits per heavy atom. The van der Waals surface area contributed by atoms with Crippen LogP contribution in [0.4, 0.5) is 0 Å². The smallest absolute Gasteiger partial charge is 0.191 e. The number of aliphatic imine (C=N–C) groups is 1. The van der Waals surface area contributed by atoms with Crippen LogP contribution in [0.3, 0.4) is 0 Å². The maximum Gasteiger partial charge on any atom is 0.191 e. The highest BCUT2D eigenvalue weighted by Crippen LogP contribution is 2.34. The van der Waals surface area contributed by atoms with E-state index in [0.29, 0.717) is 5.92 Å². The zero-order valence-corrected chi connectivity index (χ0v) is 18.0. The number of guanidine groups is 1. The summed E-state index contributed by atoms with van der Waals surface area (Å²) in [4.78, 5) is 7.31. The maximum atomic E-state index is 9.59. The van der Waals surface area contributed by atoms with Gasteiger partial charge in [-0.1, -0.05) is 20.8 Å². The molecule has 0 spiro atoms. The lowest BCUT2D eigenvalue weighted by atomic mass is 9.78. The van der Waals surface area contributed by atoms with Gasteiger partial charge in [-0.25, -0.2) is 0 Å². The second-order valence-corrected chi connectivity index (χ2v) is 9.13. The number of aliphatic hydroxyl groups is 1. The van der Waals surface area contributed by atoms with Crippen molar-refractivity contribution >= 4 is 5.96 Å².